The molecule has 0 unspecified atom stereocenters. The van der Waals surface area contributed by atoms with Crippen LogP contribution >= 0.6 is 0 Å². The van der Waals surface area contributed by atoms with E-state index in [9.17, 15) is 18.0 Å². The van der Waals surface area contributed by atoms with Crippen LogP contribution in [0.25, 0.3) is 0 Å². The normalized spacial score (nSPS) is 16.3. The van der Waals surface area contributed by atoms with Gasteiger partial charge in [0.1, 0.15) is 6.04 Å². The second-order valence-corrected chi connectivity index (χ2v) is 9.74. The van der Waals surface area contributed by atoms with Crippen LogP contribution in [0.5, 0.6) is 0 Å². The van der Waals surface area contributed by atoms with Gasteiger partial charge in [-0.1, -0.05) is 23.8 Å². The highest BCUT2D eigenvalue weighted by atomic mass is 32.2. The molecular weight excluding hydrogens is 440 g/mol. The Labute approximate surface area is 192 Å². The lowest BCUT2D eigenvalue weighted by Gasteiger charge is -2.23. The van der Waals surface area contributed by atoms with Gasteiger partial charge in [-0.05, 0) is 62.2 Å². The van der Waals surface area contributed by atoms with Gasteiger partial charge < -0.3 is 10.6 Å². The van der Waals surface area contributed by atoms with Gasteiger partial charge in [0.25, 0.3) is 5.91 Å². The summed E-state index contributed by atoms with van der Waals surface area (Å²) >= 11 is 0. The van der Waals surface area contributed by atoms with Crippen molar-refractivity contribution in [3.8, 4) is 0 Å². The molecule has 1 saturated heterocycles. The Kier molecular flexibility index (Phi) is 6.52. The van der Waals surface area contributed by atoms with E-state index in [0.717, 1.165) is 5.56 Å². The number of anilines is 2. The van der Waals surface area contributed by atoms with E-state index < -0.39 is 22.0 Å². The number of sulfonamides is 1. The van der Waals surface area contributed by atoms with E-state index in [1.54, 1.807) is 60.7 Å². The monoisotopic (exact) mass is 464 g/mol. The standard InChI is InChI=1S/C24H24N4O4S/c1-17-7-9-21(10-8-17)33(31,32)28-15-3-6-22(28)24(30)27-20-5-2-4-19(16-20)26-23(29)18-11-13-25-14-12-18/h2,4-5,7-14,16,22H,3,6,15H2,1H3,(H,26,29)(H,27,30)/t22-/m0/s1. The van der Waals surface area contributed by atoms with Crippen molar-refractivity contribution in [1.82, 2.24) is 9.29 Å². The molecule has 2 N–H and O–H groups in total. The van der Waals surface area contributed by atoms with Crippen LogP contribution in [0.2, 0.25) is 0 Å². The fourth-order valence-corrected chi connectivity index (χ4v) is 5.40. The number of nitrogens with zero attached hydrogens (tertiary/aromatic N) is 2. The molecule has 0 saturated carbocycles. The number of hydrogen-bond acceptors (Lipinski definition) is 5. The smallest absolute Gasteiger partial charge is 0.255 e. The van der Waals surface area contributed by atoms with E-state index in [-0.39, 0.29) is 17.3 Å². The molecule has 0 spiro atoms. The topological polar surface area (TPSA) is 108 Å². The fourth-order valence-electron chi connectivity index (χ4n) is 3.74. The molecule has 8 nitrogen and oxygen atoms in total. The zero-order valence-electron chi connectivity index (χ0n) is 18.1. The number of pyridine rings is 1. The predicted molar refractivity (Wildman–Crippen MR) is 125 cm³/mol. The summed E-state index contributed by atoms with van der Waals surface area (Å²) in [5.74, 6) is -0.701. The summed E-state index contributed by atoms with van der Waals surface area (Å²) in [7, 11) is -3.79. The van der Waals surface area contributed by atoms with Crippen molar-refractivity contribution in [2.75, 3.05) is 17.2 Å². The van der Waals surface area contributed by atoms with Gasteiger partial charge >= 0.3 is 0 Å². The summed E-state index contributed by atoms with van der Waals surface area (Å²) in [6, 6.07) is 15.7. The van der Waals surface area contributed by atoms with Crippen molar-refractivity contribution >= 4 is 33.2 Å². The maximum absolute atomic E-state index is 13.1. The lowest BCUT2D eigenvalue weighted by Crippen LogP contribution is -2.43. The molecule has 2 heterocycles. The van der Waals surface area contributed by atoms with E-state index in [1.807, 2.05) is 6.92 Å². The number of carbonyl (C=O) groups is 2. The third kappa shape index (κ3) is 5.10. The zero-order chi connectivity index (χ0) is 23.4. The first-order valence-electron chi connectivity index (χ1n) is 10.6. The van der Waals surface area contributed by atoms with Crippen LogP contribution in [0.1, 0.15) is 28.8 Å². The third-order valence-electron chi connectivity index (χ3n) is 5.46. The van der Waals surface area contributed by atoms with Crippen LogP contribution < -0.4 is 10.6 Å². The van der Waals surface area contributed by atoms with Crippen LogP contribution in [-0.4, -0.2) is 42.1 Å². The Morgan fingerprint density at radius 3 is 2.33 bits per heavy atom. The number of aromatic nitrogens is 1. The minimum absolute atomic E-state index is 0.175. The zero-order valence-corrected chi connectivity index (χ0v) is 18.9. The summed E-state index contributed by atoms with van der Waals surface area (Å²) < 4.78 is 27.5. The summed E-state index contributed by atoms with van der Waals surface area (Å²) in [5, 5.41) is 5.57. The van der Waals surface area contributed by atoms with Gasteiger partial charge in [-0.3, -0.25) is 14.6 Å². The summed E-state index contributed by atoms with van der Waals surface area (Å²) in [6.45, 7) is 2.17. The van der Waals surface area contributed by atoms with Crippen molar-refractivity contribution in [3.63, 3.8) is 0 Å². The molecule has 1 fully saturated rings. The Morgan fingerprint density at radius 2 is 1.64 bits per heavy atom. The lowest BCUT2D eigenvalue weighted by atomic mass is 10.2. The van der Waals surface area contributed by atoms with Crippen molar-refractivity contribution in [3.05, 3.63) is 84.2 Å². The molecule has 170 valence electrons. The second-order valence-electron chi connectivity index (χ2n) is 7.85. The second kappa shape index (κ2) is 9.51. The lowest BCUT2D eigenvalue weighted by molar-refractivity contribution is -0.119. The van der Waals surface area contributed by atoms with E-state index in [4.69, 9.17) is 0 Å². The van der Waals surface area contributed by atoms with E-state index in [2.05, 4.69) is 15.6 Å². The quantitative estimate of drug-likeness (QED) is 0.581. The molecule has 2 aromatic carbocycles. The van der Waals surface area contributed by atoms with Gasteiger partial charge in [-0.15, -0.1) is 0 Å². The average Bonchev–Trinajstić information content (AvgIpc) is 3.31. The molecule has 3 aromatic rings. The summed E-state index contributed by atoms with van der Waals surface area (Å²) in [5.41, 5.74) is 2.39. The molecule has 1 aromatic heterocycles. The molecular formula is C24H24N4O4S. The molecule has 2 amide bonds. The molecule has 0 aliphatic carbocycles. The van der Waals surface area contributed by atoms with Gasteiger partial charge in [0, 0.05) is 35.9 Å². The van der Waals surface area contributed by atoms with E-state index >= 15 is 0 Å². The predicted octanol–water partition coefficient (Wildman–Crippen LogP) is 3.43. The first kappa shape index (κ1) is 22.6. The Hall–Kier alpha value is -3.56. The first-order chi connectivity index (χ1) is 15.8. The Morgan fingerprint density at radius 1 is 0.970 bits per heavy atom. The van der Waals surface area contributed by atoms with Gasteiger partial charge in [0.2, 0.25) is 15.9 Å². The Bertz CT molecular complexity index is 1260. The van der Waals surface area contributed by atoms with Crippen LogP contribution in [0.15, 0.2) is 78.0 Å². The number of aryl methyl sites for hydroxylation is 1. The first-order valence-corrected chi connectivity index (χ1v) is 12.0. The Balaban J connectivity index is 1.47. The van der Waals surface area contributed by atoms with Crippen LogP contribution in [0.4, 0.5) is 11.4 Å². The van der Waals surface area contributed by atoms with Crippen molar-refractivity contribution in [2.45, 2.75) is 30.7 Å². The average molecular weight is 465 g/mol. The van der Waals surface area contributed by atoms with Crippen LogP contribution in [0.3, 0.4) is 0 Å². The molecule has 1 atom stereocenters. The van der Waals surface area contributed by atoms with Crippen molar-refractivity contribution in [1.29, 1.82) is 0 Å². The largest absolute Gasteiger partial charge is 0.325 e. The number of carbonyl (C=O) groups excluding carboxylic acids is 2. The molecule has 1 aliphatic rings. The molecule has 0 radical (unpaired) electrons. The molecule has 9 heteroatoms. The van der Waals surface area contributed by atoms with Gasteiger partial charge in [-0.2, -0.15) is 4.31 Å². The minimum atomic E-state index is -3.79. The van der Waals surface area contributed by atoms with Crippen molar-refractivity contribution in [2.24, 2.45) is 0 Å². The van der Waals surface area contributed by atoms with E-state index in [1.165, 1.54) is 16.7 Å². The van der Waals surface area contributed by atoms with E-state index in [0.29, 0.717) is 29.8 Å². The number of amides is 2. The third-order valence-corrected chi connectivity index (χ3v) is 7.39. The molecule has 1 aliphatic heterocycles. The number of rotatable bonds is 6. The number of nitrogens with one attached hydrogen (secondary N) is 2. The van der Waals surface area contributed by atoms with Crippen LogP contribution in [-0.2, 0) is 14.8 Å². The highest BCUT2D eigenvalue weighted by molar-refractivity contribution is 7.89. The maximum Gasteiger partial charge on any atom is 0.255 e. The molecule has 4 rings (SSSR count). The van der Waals surface area contributed by atoms with Gasteiger partial charge in [0.15, 0.2) is 0 Å². The highest BCUT2D eigenvalue weighted by Gasteiger charge is 2.39. The van der Waals surface area contributed by atoms with Gasteiger partial charge in [0.05, 0.1) is 4.90 Å². The summed E-state index contributed by atoms with van der Waals surface area (Å²) in [6.07, 6.45) is 4.10. The molecule has 33 heavy (non-hydrogen) atoms. The fraction of sp³-hybridized carbons (Fsp3) is 0.208. The number of hydrogen-bond donors (Lipinski definition) is 2. The number of benzene rings is 2. The van der Waals surface area contributed by atoms with Crippen molar-refractivity contribution < 1.29 is 18.0 Å². The van der Waals surface area contributed by atoms with Gasteiger partial charge in [-0.25, -0.2) is 8.42 Å². The highest BCUT2D eigenvalue weighted by Crippen LogP contribution is 2.27. The van der Waals surface area contributed by atoms with Crippen LogP contribution in [0, 0.1) is 6.92 Å². The maximum atomic E-state index is 13.1. The minimum Gasteiger partial charge on any atom is -0.325 e. The SMILES string of the molecule is Cc1ccc(S(=O)(=O)N2CCC[C@H]2C(=O)Nc2cccc(NC(=O)c3ccncc3)c2)cc1. The summed E-state index contributed by atoms with van der Waals surface area (Å²) in [4.78, 5) is 29.4. The molecule has 0 bridgehead atoms.